The highest BCUT2D eigenvalue weighted by molar-refractivity contribution is 5.49. The van der Waals surface area contributed by atoms with E-state index in [9.17, 15) is 4.79 Å². The molecule has 0 bridgehead atoms. The summed E-state index contributed by atoms with van der Waals surface area (Å²) in [6.07, 6.45) is 3.21. The molecular formula is C11H14N8O. The summed E-state index contributed by atoms with van der Waals surface area (Å²) in [4.78, 5) is 19.9. The van der Waals surface area contributed by atoms with Crippen molar-refractivity contribution in [2.75, 3.05) is 11.9 Å². The van der Waals surface area contributed by atoms with Crippen LogP contribution in [0.3, 0.4) is 0 Å². The first-order valence-electron chi connectivity index (χ1n) is 6.27. The molecule has 0 aliphatic heterocycles. The Labute approximate surface area is 113 Å². The quantitative estimate of drug-likeness (QED) is 0.559. The van der Waals surface area contributed by atoms with E-state index in [2.05, 4.69) is 35.7 Å². The van der Waals surface area contributed by atoms with Gasteiger partial charge in [0.05, 0.1) is 0 Å². The molecule has 104 valence electrons. The Bertz CT molecular complexity index is 756. The Morgan fingerprint density at radius 1 is 1.40 bits per heavy atom. The standard InChI is InChI=1S/C11H14N8O/c1-7-15-9(5-10-17-18-11(20)19(7)10)12-4-2-3-8-13-6-14-16-8/h5-6,12H,2-4H2,1H3,(H,18,20)(H,13,14,16). The van der Waals surface area contributed by atoms with Crippen molar-refractivity contribution < 1.29 is 0 Å². The van der Waals surface area contributed by atoms with E-state index >= 15 is 0 Å². The fourth-order valence-electron chi connectivity index (χ4n) is 2.01. The van der Waals surface area contributed by atoms with Gasteiger partial charge < -0.3 is 5.32 Å². The molecule has 9 nitrogen and oxygen atoms in total. The summed E-state index contributed by atoms with van der Waals surface area (Å²) in [5.74, 6) is 2.16. The number of aryl methyl sites for hydroxylation is 2. The minimum absolute atomic E-state index is 0.276. The molecule has 0 fully saturated rings. The molecule has 0 unspecified atom stereocenters. The number of hydrogen-bond donors (Lipinski definition) is 3. The van der Waals surface area contributed by atoms with E-state index in [0.29, 0.717) is 17.3 Å². The van der Waals surface area contributed by atoms with E-state index in [1.807, 2.05) is 0 Å². The number of anilines is 1. The molecule has 20 heavy (non-hydrogen) atoms. The Morgan fingerprint density at radius 2 is 2.30 bits per heavy atom. The first-order chi connectivity index (χ1) is 9.74. The minimum Gasteiger partial charge on any atom is -0.370 e. The van der Waals surface area contributed by atoms with Crippen molar-refractivity contribution in [2.45, 2.75) is 19.8 Å². The smallest absolute Gasteiger partial charge is 0.349 e. The molecule has 0 aliphatic rings. The van der Waals surface area contributed by atoms with Crippen LogP contribution in [0.5, 0.6) is 0 Å². The highest BCUT2D eigenvalue weighted by Gasteiger charge is 2.06. The minimum atomic E-state index is -0.276. The van der Waals surface area contributed by atoms with Gasteiger partial charge in [0.25, 0.3) is 0 Å². The van der Waals surface area contributed by atoms with Crippen LogP contribution in [0.15, 0.2) is 17.2 Å². The summed E-state index contributed by atoms with van der Waals surface area (Å²) in [7, 11) is 0. The van der Waals surface area contributed by atoms with Crippen LogP contribution in [0, 0.1) is 6.92 Å². The molecule has 0 aromatic carbocycles. The summed E-state index contributed by atoms with van der Waals surface area (Å²) in [5.41, 5.74) is 0.280. The third-order valence-corrected chi connectivity index (χ3v) is 2.93. The van der Waals surface area contributed by atoms with Crippen molar-refractivity contribution in [3.8, 4) is 0 Å². The van der Waals surface area contributed by atoms with Gasteiger partial charge in [-0.3, -0.25) is 5.10 Å². The molecule has 3 N–H and O–H groups in total. The van der Waals surface area contributed by atoms with Gasteiger partial charge in [0.2, 0.25) is 0 Å². The van der Waals surface area contributed by atoms with Gasteiger partial charge in [-0.15, -0.1) is 0 Å². The van der Waals surface area contributed by atoms with Crippen molar-refractivity contribution in [1.29, 1.82) is 0 Å². The number of rotatable bonds is 5. The van der Waals surface area contributed by atoms with Crippen LogP contribution < -0.4 is 11.0 Å². The van der Waals surface area contributed by atoms with Crippen LogP contribution in [0.1, 0.15) is 18.1 Å². The Morgan fingerprint density at radius 3 is 3.10 bits per heavy atom. The fraction of sp³-hybridized carbons (Fsp3) is 0.364. The summed E-state index contributed by atoms with van der Waals surface area (Å²) in [6.45, 7) is 2.52. The van der Waals surface area contributed by atoms with E-state index < -0.39 is 0 Å². The van der Waals surface area contributed by atoms with Crippen LogP contribution in [0.2, 0.25) is 0 Å². The lowest BCUT2D eigenvalue weighted by Gasteiger charge is -2.06. The maximum absolute atomic E-state index is 11.5. The summed E-state index contributed by atoms with van der Waals surface area (Å²) in [5, 5.41) is 16.1. The van der Waals surface area contributed by atoms with Gasteiger partial charge in [-0.2, -0.15) is 10.2 Å². The molecule has 3 aromatic heterocycles. The molecule has 0 radical (unpaired) electrons. The first kappa shape index (κ1) is 12.3. The number of nitrogens with zero attached hydrogens (tertiary/aromatic N) is 5. The van der Waals surface area contributed by atoms with E-state index in [4.69, 9.17) is 0 Å². The van der Waals surface area contributed by atoms with Crippen molar-refractivity contribution in [3.05, 3.63) is 34.5 Å². The van der Waals surface area contributed by atoms with Crippen molar-refractivity contribution in [1.82, 2.24) is 34.8 Å². The zero-order valence-corrected chi connectivity index (χ0v) is 10.9. The Hall–Kier alpha value is -2.71. The van der Waals surface area contributed by atoms with Gasteiger partial charge in [0, 0.05) is 19.0 Å². The number of H-pyrrole nitrogens is 2. The lowest BCUT2D eigenvalue weighted by molar-refractivity contribution is 0.801. The number of hydrogen-bond acceptors (Lipinski definition) is 6. The largest absolute Gasteiger partial charge is 0.370 e. The van der Waals surface area contributed by atoms with Crippen LogP contribution in [-0.2, 0) is 6.42 Å². The first-order valence-corrected chi connectivity index (χ1v) is 6.27. The molecule has 0 saturated carbocycles. The third-order valence-electron chi connectivity index (χ3n) is 2.93. The molecule has 0 atom stereocenters. The van der Waals surface area contributed by atoms with Gasteiger partial charge in [0.1, 0.15) is 23.8 Å². The maximum atomic E-state index is 11.5. The van der Waals surface area contributed by atoms with Crippen LogP contribution in [0.25, 0.3) is 5.65 Å². The molecule has 3 rings (SSSR count). The Kier molecular flexibility index (Phi) is 3.15. The van der Waals surface area contributed by atoms with Gasteiger partial charge in [-0.05, 0) is 13.3 Å². The van der Waals surface area contributed by atoms with Crippen molar-refractivity contribution in [3.63, 3.8) is 0 Å². The van der Waals surface area contributed by atoms with Crippen LogP contribution in [0.4, 0.5) is 5.82 Å². The summed E-state index contributed by atoms with van der Waals surface area (Å²) in [6, 6.07) is 1.74. The predicted octanol–water partition coefficient (Wildman–Crippen LogP) is -0.111. The monoisotopic (exact) mass is 274 g/mol. The molecule has 3 aromatic rings. The molecule has 0 spiro atoms. The summed E-state index contributed by atoms with van der Waals surface area (Å²) >= 11 is 0. The van der Waals surface area contributed by atoms with Gasteiger partial charge in [-0.25, -0.2) is 24.3 Å². The second kappa shape index (κ2) is 5.11. The van der Waals surface area contributed by atoms with Crippen molar-refractivity contribution in [2.24, 2.45) is 0 Å². The molecule has 3 heterocycles. The van der Waals surface area contributed by atoms with Gasteiger partial charge >= 0.3 is 5.69 Å². The number of fused-ring (bicyclic) bond motifs is 1. The van der Waals surface area contributed by atoms with Crippen LogP contribution >= 0.6 is 0 Å². The molecule has 0 amide bonds. The number of aromatic amines is 2. The third kappa shape index (κ3) is 2.37. The van der Waals surface area contributed by atoms with E-state index in [1.165, 1.54) is 10.7 Å². The highest BCUT2D eigenvalue weighted by atomic mass is 16.1. The summed E-state index contributed by atoms with van der Waals surface area (Å²) < 4.78 is 1.43. The Balaban J connectivity index is 1.64. The predicted molar refractivity (Wildman–Crippen MR) is 71.5 cm³/mol. The van der Waals surface area contributed by atoms with E-state index in [1.54, 1.807) is 13.0 Å². The normalized spacial score (nSPS) is 11.1. The second-order valence-corrected chi connectivity index (χ2v) is 4.37. The zero-order chi connectivity index (χ0) is 13.9. The average Bonchev–Trinajstić information content (AvgIpc) is 3.05. The topological polar surface area (TPSA) is 117 Å². The molecule has 9 heteroatoms. The number of nitrogens with one attached hydrogen (secondary N) is 3. The molecule has 0 aliphatic carbocycles. The van der Waals surface area contributed by atoms with Crippen LogP contribution in [-0.4, -0.2) is 41.3 Å². The molecule has 0 saturated heterocycles. The lowest BCUT2D eigenvalue weighted by Crippen LogP contribution is -2.14. The zero-order valence-electron chi connectivity index (χ0n) is 10.9. The van der Waals surface area contributed by atoms with Gasteiger partial charge in [0.15, 0.2) is 5.65 Å². The fourth-order valence-corrected chi connectivity index (χ4v) is 2.01. The van der Waals surface area contributed by atoms with Crippen molar-refractivity contribution >= 4 is 11.5 Å². The van der Waals surface area contributed by atoms with E-state index in [0.717, 1.165) is 25.2 Å². The maximum Gasteiger partial charge on any atom is 0.349 e. The lowest BCUT2D eigenvalue weighted by atomic mass is 10.3. The van der Waals surface area contributed by atoms with E-state index in [-0.39, 0.29) is 5.69 Å². The average molecular weight is 274 g/mol. The highest BCUT2D eigenvalue weighted by Crippen LogP contribution is 2.08. The SMILES string of the molecule is Cc1nc(NCCCc2ncn[nH]2)cc2n[nH]c(=O)n12. The molecular weight excluding hydrogens is 260 g/mol. The number of aromatic nitrogens is 7. The van der Waals surface area contributed by atoms with Gasteiger partial charge in [-0.1, -0.05) is 0 Å². The second-order valence-electron chi connectivity index (χ2n) is 4.37.